The zero-order chi connectivity index (χ0) is 47.1. The van der Waals surface area contributed by atoms with Crippen molar-refractivity contribution in [3.05, 3.63) is 204 Å². The standard InChI is InChI=1S/C68H50N2/c1-37(2)41-11-15-43(16-12-41)49-23-25-53-57(35-49)61(51-21-19-45-31-39(5)7-9-47(45)33-51)55-27-29-60-65-63(55)67(53)69-59-30-28-56-62(52-22-20-46-32-40(6)8-10-48(46)34-52)58-36-50(44-17-13-42(14-18-44)38(3)4)24-26-54(58)68(70-60)64(56)66(59)65/h7-38H,1-6H3. The predicted molar refractivity (Wildman–Crippen MR) is 301 cm³/mol. The molecule has 2 heterocycles. The fourth-order valence-electron chi connectivity index (χ4n) is 11.9. The summed E-state index contributed by atoms with van der Waals surface area (Å²) in [6.45, 7) is 13.4. The second-order valence-corrected chi connectivity index (χ2v) is 20.6. The third-order valence-electron chi connectivity index (χ3n) is 15.6. The summed E-state index contributed by atoms with van der Waals surface area (Å²) in [4.78, 5) is 11.5. The Labute approximate surface area is 407 Å². The molecule has 0 aliphatic carbocycles. The molecule has 0 unspecified atom stereocenters. The molecule has 0 saturated carbocycles. The highest BCUT2D eigenvalue weighted by atomic mass is 14.7. The van der Waals surface area contributed by atoms with Gasteiger partial charge in [-0.3, -0.25) is 0 Å². The molecule has 2 heteroatoms. The molecule has 0 amide bonds. The van der Waals surface area contributed by atoms with Gasteiger partial charge in [0.05, 0.1) is 22.1 Å². The van der Waals surface area contributed by atoms with Crippen LogP contribution in [0.4, 0.5) is 0 Å². The van der Waals surface area contributed by atoms with Gasteiger partial charge in [-0.25, -0.2) is 9.97 Å². The molecule has 2 aromatic heterocycles. The molecule has 0 aliphatic rings. The second kappa shape index (κ2) is 15.1. The Balaban J connectivity index is 1.10. The zero-order valence-corrected chi connectivity index (χ0v) is 40.4. The number of aryl methyl sites for hydroxylation is 2. The van der Waals surface area contributed by atoms with Crippen LogP contribution in [0.3, 0.4) is 0 Å². The van der Waals surface area contributed by atoms with Gasteiger partial charge >= 0.3 is 0 Å². The highest BCUT2D eigenvalue weighted by molar-refractivity contribution is 6.41. The molecule has 0 spiro atoms. The van der Waals surface area contributed by atoms with Gasteiger partial charge in [0.15, 0.2) is 0 Å². The van der Waals surface area contributed by atoms with Crippen molar-refractivity contribution in [3.63, 3.8) is 0 Å². The van der Waals surface area contributed by atoms with E-state index in [2.05, 4.69) is 224 Å². The van der Waals surface area contributed by atoms with E-state index < -0.39 is 0 Å². The Bertz CT molecular complexity index is 4170. The van der Waals surface area contributed by atoms with Crippen molar-refractivity contribution in [2.75, 3.05) is 0 Å². The summed E-state index contributed by atoms with van der Waals surface area (Å²) in [6.07, 6.45) is 0. The Kier molecular flexibility index (Phi) is 8.84. The quantitative estimate of drug-likeness (QED) is 0.123. The van der Waals surface area contributed by atoms with Crippen molar-refractivity contribution in [3.8, 4) is 44.5 Å². The summed E-state index contributed by atoms with van der Waals surface area (Å²) >= 11 is 0. The number of hydrogen-bond acceptors (Lipinski definition) is 2. The molecule has 0 radical (unpaired) electrons. The van der Waals surface area contributed by atoms with Crippen molar-refractivity contribution < 1.29 is 0 Å². The molecule has 0 fully saturated rings. The number of pyridine rings is 2. The smallest absolute Gasteiger partial charge is 0.0801 e. The molecule has 14 aromatic rings. The fourth-order valence-corrected chi connectivity index (χ4v) is 11.9. The molecule has 0 aliphatic heterocycles. The van der Waals surface area contributed by atoms with Crippen molar-refractivity contribution in [2.45, 2.75) is 53.4 Å². The van der Waals surface area contributed by atoms with Crippen molar-refractivity contribution in [1.29, 1.82) is 0 Å². The SMILES string of the molecule is Cc1ccc2cc(-c3c4cc(-c5ccc(C(C)C)cc5)ccc4c4nc5ccc6c(-c7ccc8cc(C)ccc8c7)c7cc(-c8ccc(C(C)C)cc8)ccc7c7nc8ccc3c4c8c5c67)ccc2c1. The van der Waals surface area contributed by atoms with Gasteiger partial charge in [0.25, 0.3) is 0 Å². The maximum absolute atomic E-state index is 5.76. The molecule has 0 atom stereocenters. The molecule has 70 heavy (non-hydrogen) atoms. The van der Waals surface area contributed by atoms with Crippen LogP contribution < -0.4 is 0 Å². The van der Waals surface area contributed by atoms with Gasteiger partial charge in [-0.05, 0) is 161 Å². The lowest BCUT2D eigenvalue weighted by atomic mass is 9.83. The summed E-state index contributed by atoms with van der Waals surface area (Å²) in [7, 11) is 0. The average molecular weight is 895 g/mol. The lowest BCUT2D eigenvalue weighted by Gasteiger charge is -2.22. The van der Waals surface area contributed by atoms with Crippen LogP contribution in [0.25, 0.3) is 142 Å². The summed E-state index contributed by atoms with van der Waals surface area (Å²) in [5.74, 6) is 0.950. The number of aromatic nitrogens is 2. The van der Waals surface area contributed by atoms with E-state index in [1.807, 2.05) is 0 Å². The van der Waals surface area contributed by atoms with Gasteiger partial charge in [0, 0.05) is 32.3 Å². The van der Waals surface area contributed by atoms with Crippen LogP contribution in [0.2, 0.25) is 0 Å². The van der Waals surface area contributed by atoms with Gasteiger partial charge in [0.2, 0.25) is 0 Å². The number of benzene rings is 12. The largest absolute Gasteiger partial charge is 0.247 e. The lowest BCUT2D eigenvalue weighted by Crippen LogP contribution is -1.99. The summed E-state index contributed by atoms with van der Waals surface area (Å²) in [5.41, 5.74) is 19.0. The Morgan fingerprint density at radius 2 is 0.643 bits per heavy atom. The summed E-state index contributed by atoms with van der Waals surface area (Å²) in [5, 5.41) is 16.8. The van der Waals surface area contributed by atoms with E-state index >= 15 is 0 Å². The minimum atomic E-state index is 0.475. The first-order chi connectivity index (χ1) is 34.1. The van der Waals surface area contributed by atoms with Gasteiger partial charge in [-0.15, -0.1) is 0 Å². The molecule has 0 N–H and O–H groups in total. The zero-order valence-electron chi connectivity index (χ0n) is 40.4. The summed E-state index contributed by atoms with van der Waals surface area (Å²) in [6, 6.07) is 69.1. The molecule has 14 rings (SSSR count). The van der Waals surface area contributed by atoms with E-state index in [1.165, 1.54) is 131 Å². The van der Waals surface area contributed by atoms with Crippen LogP contribution in [0.15, 0.2) is 182 Å². The van der Waals surface area contributed by atoms with E-state index in [-0.39, 0.29) is 0 Å². The van der Waals surface area contributed by atoms with Crippen LogP contribution in [-0.4, -0.2) is 9.97 Å². The Morgan fingerprint density at radius 1 is 0.286 bits per heavy atom. The van der Waals surface area contributed by atoms with Crippen LogP contribution in [0.5, 0.6) is 0 Å². The van der Waals surface area contributed by atoms with Crippen molar-refractivity contribution in [2.24, 2.45) is 0 Å². The van der Waals surface area contributed by atoms with Crippen molar-refractivity contribution in [1.82, 2.24) is 9.97 Å². The van der Waals surface area contributed by atoms with Crippen molar-refractivity contribution >= 4 is 97.5 Å². The van der Waals surface area contributed by atoms with E-state index in [1.54, 1.807) is 0 Å². The first-order valence-electron chi connectivity index (χ1n) is 24.9. The topological polar surface area (TPSA) is 25.8 Å². The summed E-state index contributed by atoms with van der Waals surface area (Å²) < 4.78 is 0. The van der Waals surface area contributed by atoms with Crippen LogP contribution >= 0.6 is 0 Å². The maximum Gasteiger partial charge on any atom is 0.0801 e. The normalized spacial score (nSPS) is 12.4. The second-order valence-electron chi connectivity index (χ2n) is 20.6. The van der Waals surface area contributed by atoms with E-state index in [4.69, 9.17) is 9.97 Å². The van der Waals surface area contributed by atoms with Crippen LogP contribution in [0, 0.1) is 13.8 Å². The minimum Gasteiger partial charge on any atom is -0.247 e. The third kappa shape index (κ3) is 6.12. The molecular formula is C68H50N2. The molecule has 12 aromatic carbocycles. The average Bonchev–Trinajstić information content (AvgIpc) is 3.38. The predicted octanol–water partition coefficient (Wildman–Crippen LogP) is 19.3. The van der Waals surface area contributed by atoms with Crippen LogP contribution in [-0.2, 0) is 0 Å². The minimum absolute atomic E-state index is 0.475. The maximum atomic E-state index is 5.76. The monoisotopic (exact) mass is 894 g/mol. The molecule has 2 nitrogen and oxygen atoms in total. The van der Waals surface area contributed by atoms with Gasteiger partial charge in [-0.2, -0.15) is 0 Å². The van der Waals surface area contributed by atoms with E-state index in [9.17, 15) is 0 Å². The first-order valence-corrected chi connectivity index (χ1v) is 24.9. The highest BCUT2D eigenvalue weighted by Crippen LogP contribution is 2.51. The Morgan fingerprint density at radius 3 is 1.06 bits per heavy atom. The number of rotatable bonds is 6. The number of nitrogens with zero attached hydrogens (tertiary/aromatic N) is 2. The van der Waals surface area contributed by atoms with Gasteiger partial charge in [-0.1, -0.05) is 184 Å². The van der Waals surface area contributed by atoms with Gasteiger partial charge in [0.1, 0.15) is 0 Å². The molecule has 0 saturated heterocycles. The molecular weight excluding hydrogens is 845 g/mol. The Hall–Kier alpha value is -8.20. The van der Waals surface area contributed by atoms with Crippen LogP contribution in [0.1, 0.15) is 61.8 Å². The highest BCUT2D eigenvalue weighted by Gasteiger charge is 2.26. The van der Waals surface area contributed by atoms with E-state index in [0.717, 1.165) is 32.8 Å². The molecule has 0 bridgehead atoms. The first kappa shape index (κ1) is 40.8. The third-order valence-corrected chi connectivity index (χ3v) is 15.6. The number of fused-ring (bicyclic) bond motifs is 6. The molecule has 332 valence electrons. The van der Waals surface area contributed by atoms with Gasteiger partial charge < -0.3 is 0 Å². The fraction of sp³-hybridized carbons (Fsp3) is 0.118. The number of hydrogen-bond donors (Lipinski definition) is 0. The van der Waals surface area contributed by atoms with E-state index in [0.29, 0.717) is 11.8 Å². The lowest BCUT2D eigenvalue weighted by molar-refractivity contribution is 0.867.